The van der Waals surface area contributed by atoms with E-state index in [0.717, 1.165) is 54.6 Å². The molecule has 0 aliphatic carbocycles. The first kappa shape index (κ1) is 24.0. The number of aromatic amines is 3. The number of halogens is 1. The van der Waals surface area contributed by atoms with E-state index in [0.29, 0.717) is 0 Å². The fourth-order valence-electron chi connectivity index (χ4n) is 6.14. The first-order chi connectivity index (χ1) is 20.2. The van der Waals surface area contributed by atoms with Crippen LogP contribution in [0.1, 0.15) is 22.7 Å². The predicted molar refractivity (Wildman–Crippen MR) is 171 cm³/mol. The lowest BCUT2D eigenvalue weighted by Gasteiger charge is -2.18. The number of fused-ring (bicyclic) bond motifs is 5. The zero-order chi connectivity index (χ0) is 27.5. The number of aromatic nitrogens is 4. The number of rotatable bonds is 5. The van der Waals surface area contributed by atoms with E-state index in [9.17, 15) is 0 Å². The van der Waals surface area contributed by atoms with Gasteiger partial charge in [-0.1, -0.05) is 52.3 Å². The third kappa shape index (κ3) is 3.86. The van der Waals surface area contributed by atoms with Crippen LogP contribution in [0.2, 0.25) is 0 Å². The van der Waals surface area contributed by atoms with Gasteiger partial charge in [-0.05, 0) is 71.8 Å². The molecule has 3 N–H and O–H groups in total. The highest BCUT2D eigenvalue weighted by molar-refractivity contribution is 9.10. The number of nitrogens with one attached hydrogen (secondary N) is 3. The minimum Gasteiger partial charge on any atom is -0.497 e. The number of ether oxygens (including phenoxy) is 1. The van der Waals surface area contributed by atoms with Crippen molar-refractivity contribution in [2.75, 3.05) is 7.11 Å². The van der Waals surface area contributed by atoms with E-state index in [1.54, 1.807) is 7.11 Å². The van der Waals surface area contributed by atoms with Crippen LogP contribution in [-0.4, -0.2) is 27.0 Å². The van der Waals surface area contributed by atoms with Gasteiger partial charge in [0, 0.05) is 60.5 Å². The van der Waals surface area contributed by atoms with E-state index in [-0.39, 0.29) is 5.92 Å². The Morgan fingerprint density at radius 2 is 1.37 bits per heavy atom. The summed E-state index contributed by atoms with van der Waals surface area (Å²) in [4.78, 5) is 16.2. The summed E-state index contributed by atoms with van der Waals surface area (Å²) in [5.74, 6) is 0.697. The van der Waals surface area contributed by atoms with Crippen molar-refractivity contribution < 1.29 is 4.74 Å². The quantitative estimate of drug-likeness (QED) is 0.185. The highest BCUT2D eigenvalue weighted by atomic mass is 79.9. The van der Waals surface area contributed by atoms with Crippen LogP contribution in [0.25, 0.3) is 54.9 Å². The van der Waals surface area contributed by atoms with Crippen molar-refractivity contribution in [3.63, 3.8) is 0 Å². The van der Waals surface area contributed by atoms with Crippen LogP contribution in [-0.2, 0) is 0 Å². The molecule has 5 nitrogen and oxygen atoms in total. The molecule has 8 rings (SSSR count). The molecule has 1 atom stereocenters. The molecular weight excluding hydrogens is 572 g/mol. The summed E-state index contributed by atoms with van der Waals surface area (Å²) in [5.41, 5.74) is 9.63. The number of benzene rings is 4. The molecular formula is C35H25BrN4O. The third-order valence-corrected chi connectivity index (χ3v) is 8.59. The number of hydrogen-bond donors (Lipinski definition) is 3. The fraction of sp³-hybridized carbons (Fsp3) is 0.0571. The van der Waals surface area contributed by atoms with Gasteiger partial charge in [0.15, 0.2) is 0 Å². The summed E-state index contributed by atoms with van der Waals surface area (Å²) in [6, 6.07) is 33.7. The van der Waals surface area contributed by atoms with Gasteiger partial charge in [-0.3, -0.25) is 0 Å². The molecule has 0 fully saturated rings. The summed E-state index contributed by atoms with van der Waals surface area (Å²) < 4.78 is 6.50. The molecule has 0 aliphatic heterocycles. The number of para-hydroxylation sites is 2. The Morgan fingerprint density at radius 1 is 0.683 bits per heavy atom. The molecule has 8 aromatic rings. The monoisotopic (exact) mass is 596 g/mol. The highest BCUT2D eigenvalue weighted by Gasteiger charge is 2.27. The number of pyridine rings is 1. The largest absolute Gasteiger partial charge is 0.497 e. The van der Waals surface area contributed by atoms with Crippen molar-refractivity contribution in [3.8, 4) is 17.0 Å². The average Bonchev–Trinajstić information content (AvgIpc) is 3.73. The number of hydrogen-bond acceptors (Lipinski definition) is 2. The van der Waals surface area contributed by atoms with Gasteiger partial charge in [-0.25, -0.2) is 4.98 Å². The van der Waals surface area contributed by atoms with Crippen molar-refractivity contribution in [1.82, 2.24) is 19.9 Å². The molecule has 1 unspecified atom stereocenters. The second-order valence-corrected chi connectivity index (χ2v) is 11.3. The Labute approximate surface area is 244 Å². The minimum atomic E-state index is -0.121. The van der Waals surface area contributed by atoms with E-state index >= 15 is 0 Å². The molecule has 0 aliphatic rings. The van der Waals surface area contributed by atoms with Crippen LogP contribution >= 0.6 is 15.9 Å². The van der Waals surface area contributed by atoms with Crippen LogP contribution < -0.4 is 4.74 Å². The van der Waals surface area contributed by atoms with Crippen molar-refractivity contribution in [3.05, 3.63) is 131 Å². The van der Waals surface area contributed by atoms with Gasteiger partial charge in [0.1, 0.15) is 5.75 Å². The molecule has 0 bridgehead atoms. The van der Waals surface area contributed by atoms with Gasteiger partial charge in [0.05, 0.1) is 29.9 Å². The summed E-state index contributed by atoms with van der Waals surface area (Å²) in [5, 5.41) is 4.69. The normalized spacial score (nSPS) is 12.5. The number of nitrogens with zero attached hydrogens (tertiary/aromatic N) is 1. The van der Waals surface area contributed by atoms with Gasteiger partial charge in [0.2, 0.25) is 0 Å². The lowest BCUT2D eigenvalue weighted by molar-refractivity contribution is 0.415. The molecule has 0 saturated heterocycles. The molecule has 4 heterocycles. The molecule has 0 radical (unpaired) electrons. The lowest BCUT2D eigenvalue weighted by Crippen LogP contribution is -2.06. The van der Waals surface area contributed by atoms with Crippen molar-refractivity contribution >= 4 is 59.5 Å². The summed E-state index contributed by atoms with van der Waals surface area (Å²) in [7, 11) is 1.69. The van der Waals surface area contributed by atoms with Crippen LogP contribution in [0, 0.1) is 0 Å². The second-order valence-electron chi connectivity index (χ2n) is 10.4. The molecule has 0 saturated carbocycles. The minimum absolute atomic E-state index is 0.121. The van der Waals surface area contributed by atoms with Crippen LogP contribution in [0.4, 0.5) is 0 Å². The predicted octanol–water partition coefficient (Wildman–Crippen LogP) is 9.30. The van der Waals surface area contributed by atoms with E-state index in [1.165, 1.54) is 27.3 Å². The summed E-state index contributed by atoms with van der Waals surface area (Å²) in [6.45, 7) is 0. The van der Waals surface area contributed by atoms with E-state index in [1.807, 2.05) is 12.1 Å². The molecule has 4 aromatic heterocycles. The first-order valence-electron chi connectivity index (χ1n) is 13.6. The maximum Gasteiger partial charge on any atom is 0.118 e. The van der Waals surface area contributed by atoms with E-state index in [2.05, 4.69) is 128 Å². The van der Waals surface area contributed by atoms with Gasteiger partial charge in [-0.2, -0.15) is 0 Å². The van der Waals surface area contributed by atoms with Gasteiger partial charge in [0.25, 0.3) is 0 Å². The van der Waals surface area contributed by atoms with Crippen LogP contribution in [0.15, 0.2) is 114 Å². The first-order valence-corrected chi connectivity index (χ1v) is 14.4. The van der Waals surface area contributed by atoms with Crippen molar-refractivity contribution in [2.24, 2.45) is 0 Å². The maximum absolute atomic E-state index is 5.46. The Morgan fingerprint density at radius 3 is 2.15 bits per heavy atom. The number of H-pyrrole nitrogens is 3. The summed E-state index contributed by atoms with van der Waals surface area (Å²) >= 11 is 3.70. The SMILES string of the molecule is COc1ccc(-c2nc(C(c3c[nH]c4ccccc34)c3c[nH]c4ccc(Br)cc34)cc3c2[nH]c2ccccc23)cc1. The molecule has 6 heteroatoms. The zero-order valence-electron chi connectivity index (χ0n) is 22.2. The lowest BCUT2D eigenvalue weighted by atomic mass is 9.86. The smallest absolute Gasteiger partial charge is 0.118 e. The average molecular weight is 598 g/mol. The molecule has 41 heavy (non-hydrogen) atoms. The third-order valence-electron chi connectivity index (χ3n) is 8.09. The molecule has 0 spiro atoms. The van der Waals surface area contributed by atoms with Crippen molar-refractivity contribution in [2.45, 2.75) is 5.92 Å². The van der Waals surface area contributed by atoms with E-state index in [4.69, 9.17) is 9.72 Å². The topological polar surface area (TPSA) is 69.5 Å². The Balaban J connectivity index is 1.47. The Bertz CT molecular complexity index is 2220. The molecule has 198 valence electrons. The van der Waals surface area contributed by atoms with Gasteiger partial charge >= 0.3 is 0 Å². The van der Waals surface area contributed by atoms with Gasteiger partial charge in [-0.15, -0.1) is 0 Å². The zero-order valence-corrected chi connectivity index (χ0v) is 23.8. The fourth-order valence-corrected chi connectivity index (χ4v) is 6.50. The van der Waals surface area contributed by atoms with Crippen LogP contribution in [0.5, 0.6) is 5.75 Å². The summed E-state index contributed by atoms with van der Waals surface area (Å²) in [6.07, 6.45) is 4.28. The Hall–Kier alpha value is -4.81. The van der Waals surface area contributed by atoms with Crippen molar-refractivity contribution in [1.29, 1.82) is 0 Å². The second kappa shape index (κ2) is 9.39. The molecule has 4 aromatic carbocycles. The molecule has 0 amide bonds. The Kier molecular flexibility index (Phi) is 5.50. The standard InChI is InChI=1S/C35H25BrN4O/c1-41-22-13-10-20(11-14-22)34-35-26(23-6-3-5-9-31(23)39-35)17-32(40-34)33(27-18-37-29-8-4-2-7-24(27)29)28-19-38-30-15-12-21(36)16-25(28)30/h2-19,33,37-39H,1H3. The van der Waals surface area contributed by atoms with E-state index < -0.39 is 0 Å². The van der Waals surface area contributed by atoms with Crippen LogP contribution in [0.3, 0.4) is 0 Å². The maximum atomic E-state index is 5.46. The number of methoxy groups -OCH3 is 1. The highest BCUT2D eigenvalue weighted by Crippen LogP contribution is 2.42. The van der Waals surface area contributed by atoms with Gasteiger partial charge < -0.3 is 19.7 Å².